The Labute approximate surface area is 205 Å². The molecule has 0 bridgehead atoms. The summed E-state index contributed by atoms with van der Waals surface area (Å²) >= 11 is 1.81. The third-order valence-electron chi connectivity index (χ3n) is 4.08. The van der Waals surface area contributed by atoms with Crippen molar-refractivity contribution in [2.75, 3.05) is 17.6 Å². The Hall–Kier alpha value is -2.27. The number of rotatable bonds is 9. The Morgan fingerprint density at radius 1 is 1.13 bits per heavy atom. The van der Waals surface area contributed by atoms with Gasteiger partial charge in [0.25, 0.3) is 0 Å². The van der Waals surface area contributed by atoms with E-state index < -0.39 is 0 Å². The van der Waals surface area contributed by atoms with Gasteiger partial charge in [0.1, 0.15) is 18.6 Å². The summed E-state index contributed by atoms with van der Waals surface area (Å²) < 4.78 is 7.58. The molecule has 0 saturated carbocycles. The van der Waals surface area contributed by atoms with Crippen LogP contribution in [0.4, 0.5) is 5.69 Å². The maximum atomic E-state index is 5.71. The fraction of sp³-hybridized carbons (Fsp3) is 0.318. The minimum absolute atomic E-state index is 0. The molecule has 0 radical (unpaired) electrons. The molecule has 3 aromatic rings. The van der Waals surface area contributed by atoms with E-state index in [1.54, 1.807) is 18.1 Å². The summed E-state index contributed by atoms with van der Waals surface area (Å²) in [5, 5.41) is 14.8. The standard InChI is InChI=1S/C22H28N6OS.HI/c1-17(2)29-19-11-9-18(10-12-19)26-22(24-15-21-27-25-16-28(21)3)23-13-14-30-20-7-5-4-6-8-20;/h4-12,16-17H,13-15H2,1-3H3,(H2,23,24,26);1H. The average molecular weight is 552 g/mol. The fourth-order valence-corrected chi connectivity index (χ4v) is 3.41. The Morgan fingerprint density at radius 3 is 2.52 bits per heavy atom. The van der Waals surface area contributed by atoms with Crippen LogP contribution in [-0.4, -0.2) is 39.1 Å². The zero-order valence-corrected chi connectivity index (χ0v) is 21.1. The van der Waals surface area contributed by atoms with Crippen molar-refractivity contribution in [1.82, 2.24) is 20.1 Å². The molecule has 31 heavy (non-hydrogen) atoms. The molecule has 3 rings (SSSR count). The van der Waals surface area contributed by atoms with E-state index in [0.717, 1.165) is 29.6 Å². The highest BCUT2D eigenvalue weighted by Crippen LogP contribution is 2.17. The van der Waals surface area contributed by atoms with Crippen LogP contribution in [0.5, 0.6) is 5.75 Å². The summed E-state index contributed by atoms with van der Waals surface area (Å²) in [5.74, 6) is 3.27. The Morgan fingerprint density at radius 2 is 1.87 bits per heavy atom. The summed E-state index contributed by atoms with van der Waals surface area (Å²) in [6.07, 6.45) is 1.83. The van der Waals surface area contributed by atoms with Crippen LogP contribution in [0.2, 0.25) is 0 Å². The van der Waals surface area contributed by atoms with E-state index in [4.69, 9.17) is 4.74 Å². The maximum Gasteiger partial charge on any atom is 0.196 e. The third-order valence-corrected chi connectivity index (χ3v) is 5.09. The van der Waals surface area contributed by atoms with Crippen molar-refractivity contribution in [3.05, 3.63) is 66.7 Å². The molecular weight excluding hydrogens is 523 g/mol. The van der Waals surface area contributed by atoms with Crippen LogP contribution in [0.3, 0.4) is 0 Å². The largest absolute Gasteiger partial charge is 0.491 e. The number of anilines is 1. The smallest absolute Gasteiger partial charge is 0.196 e. The number of aliphatic imine (C=N–C) groups is 1. The van der Waals surface area contributed by atoms with Gasteiger partial charge in [-0.2, -0.15) is 0 Å². The second-order valence-electron chi connectivity index (χ2n) is 6.93. The highest BCUT2D eigenvalue weighted by atomic mass is 127. The maximum absolute atomic E-state index is 5.71. The van der Waals surface area contributed by atoms with E-state index >= 15 is 0 Å². The summed E-state index contributed by atoms with van der Waals surface area (Å²) in [5.41, 5.74) is 0.936. The highest BCUT2D eigenvalue weighted by Gasteiger charge is 2.05. The number of benzene rings is 2. The van der Waals surface area contributed by atoms with E-state index in [-0.39, 0.29) is 30.1 Å². The molecule has 0 saturated heterocycles. The molecule has 166 valence electrons. The Balaban J connectivity index is 0.00000341. The van der Waals surface area contributed by atoms with Gasteiger partial charge >= 0.3 is 0 Å². The van der Waals surface area contributed by atoms with E-state index in [0.29, 0.717) is 12.5 Å². The number of aromatic nitrogens is 3. The number of hydrogen-bond donors (Lipinski definition) is 2. The number of nitrogens with zero attached hydrogens (tertiary/aromatic N) is 4. The van der Waals surface area contributed by atoms with Crippen molar-refractivity contribution in [2.24, 2.45) is 12.0 Å². The molecule has 0 spiro atoms. The summed E-state index contributed by atoms with van der Waals surface area (Å²) in [4.78, 5) is 5.92. The molecule has 0 fully saturated rings. The van der Waals surface area contributed by atoms with Crippen LogP contribution >= 0.6 is 35.7 Å². The minimum atomic E-state index is 0. The first-order valence-corrected chi connectivity index (χ1v) is 10.9. The monoisotopic (exact) mass is 552 g/mol. The van der Waals surface area contributed by atoms with Gasteiger partial charge in [0.05, 0.1) is 6.10 Å². The van der Waals surface area contributed by atoms with Crippen LogP contribution in [0.1, 0.15) is 19.7 Å². The van der Waals surface area contributed by atoms with Crippen LogP contribution in [0.25, 0.3) is 0 Å². The van der Waals surface area contributed by atoms with Gasteiger partial charge in [-0.05, 0) is 50.2 Å². The summed E-state index contributed by atoms with van der Waals surface area (Å²) in [6.45, 7) is 5.24. The number of thioether (sulfide) groups is 1. The first-order chi connectivity index (χ1) is 14.6. The molecule has 1 aromatic heterocycles. The van der Waals surface area contributed by atoms with Gasteiger partial charge in [-0.3, -0.25) is 0 Å². The predicted octanol–water partition coefficient (Wildman–Crippen LogP) is 4.57. The van der Waals surface area contributed by atoms with Crippen molar-refractivity contribution >= 4 is 47.4 Å². The van der Waals surface area contributed by atoms with Crippen molar-refractivity contribution in [3.8, 4) is 5.75 Å². The van der Waals surface area contributed by atoms with Crippen molar-refractivity contribution < 1.29 is 4.74 Å². The molecule has 0 aliphatic rings. The number of nitrogens with one attached hydrogen (secondary N) is 2. The predicted molar refractivity (Wildman–Crippen MR) is 139 cm³/mol. The van der Waals surface area contributed by atoms with Crippen LogP contribution < -0.4 is 15.4 Å². The second kappa shape index (κ2) is 13.2. The SMILES string of the molecule is CC(C)Oc1ccc(NC(=NCc2nncn2C)NCCSc2ccccc2)cc1.I. The number of guanidine groups is 1. The van der Waals surface area contributed by atoms with Gasteiger partial charge in [-0.25, -0.2) is 4.99 Å². The van der Waals surface area contributed by atoms with Gasteiger partial charge in [-0.15, -0.1) is 45.9 Å². The quantitative estimate of drug-likeness (QED) is 0.133. The number of hydrogen-bond acceptors (Lipinski definition) is 5. The molecule has 0 unspecified atom stereocenters. The van der Waals surface area contributed by atoms with Crippen LogP contribution in [0, 0.1) is 0 Å². The van der Waals surface area contributed by atoms with Gasteiger partial charge in [0.15, 0.2) is 11.8 Å². The molecular formula is C22H29IN6OS. The Bertz CT molecular complexity index is 931. The van der Waals surface area contributed by atoms with Gasteiger partial charge in [0.2, 0.25) is 0 Å². The fourth-order valence-electron chi connectivity index (χ4n) is 2.62. The van der Waals surface area contributed by atoms with Crippen molar-refractivity contribution in [2.45, 2.75) is 31.4 Å². The molecule has 7 nitrogen and oxygen atoms in total. The van der Waals surface area contributed by atoms with Gasteiger partial charge in [-0.1, -0.05) is 18.2 Å². The molecule has 2 aromatic carbocycles. The minimum Gasteiger partial charge on any atom is -0.491 e. The second-order valence-corrected chi connectivity index (χ2v) is 8.10. The van der Waals surface area contributed by atoms with Crippen LogP contribution in [0.15, 0.2) is 70.8 Å². The van der Waals surface area contributed by atoms with Gasteiger partial charge < -0.3 is 19.9 Å². The Kier molecular flexibility index (Phi) is 10.6. The number of aryl methyl sites for hydroxylation is 1. The molecule has 0 aliphatic heterocycles. The molecule has 9 heteroatoms. The zero-order chi connectivity index (χ0) is 21.2. The number of ether oxygens (including phenoxy) is 1. The van der Waals surface area contributed by atoms with Gasteiger partial charge in [0, 0.05) is 29.9 Å². The number of halogens is 1. The highest BCUT2D eigenvalue weighted by molar-refractivity contribution is 14.0. The van der Waals surface area contributed by atoms with E-state index in [1.807, 2.05) is 55.8 Å². The molecule has 0 aliphatic carbocycles. The third kappa shape index (κ3) is 8.78. The van der Waals surface area contributed by atoms with Crippen LogP contribution in [-0.2, 0) is 13.6 Å². The normalized spacial score (nSPS) is 11.2. The lowest BCUT2D eigenvalue weighted by Crippen LogP contribution is -2.32. The molecule has 0 amide bonds. The lowest BCUT2D eigenvalue weighted by atomic mass is 10.3. The first kappa shape index (κ1) is 25.0. The van der Waals surface area contributed by atoms with Crippen molar-refractivity contribution in [1.29, 1.82) is 0 Å². The molecule has 1 heterocycles. The summed E-state index contributed by atoms with van der Waals surface area (Å²) in [7, 11) is 1.91. The molecule has 2 N–H and O–H groups in total. The van der Waals surface area contributed by atoms with E-state index in [1.165, 1.54) is 4.90 Å². The van der Waals surface area contributed by atoms with E-state index in [2.05, 4.69) is 50.1 Å². The zero-order valence-electron chi connectivity index (χ0n) is 18.0. The van der Waals surface area contributed by atoms with E-state index in [9.17, 15) is 0 Å². The lowest BCUT2D eigenvalue weighted by Gasteiger charge is -2.14. The topological polar surface area (TPSA) is 76.4 Å². The summed E-state index contributed by atoms with van der Waals surface area (Å²) in [6, 6.07) is 18.2. The van der Waals surface area contributed by atoms with Crippen molar-refractivity contribution in [3.63, 3.8) is 0 Å². The average Bonchev–Trinajstić information content (AvgIpc) is 3.15. The first-order valence-electron chi connectivity index (χ1n) is 9.93. The lowest BCUT2D eigenvalue weighted by molar-refractivity contribution is 0.242. The molecule has 0 atom stereocenters.